The number of hydrogen-bond donors (Lipinski definition) is 3. The van der Waals surface area contributed by atoms with Crippen molar-refractivity contribution in [3.05, 3.63) is 23.5 Å². The van der Waals surface area contributed by atoms with Gasteiger partial charge in [0.2, 0.25) is 26.0 Å². The van der Waals surface area contributed by atoms with Crippen molar-refractivity contribution in [1.82, 2.24) is 9.44 Å². The van der Waals surface area contributed by atoms with E-state index in [4.69, 9.17) is 0 Å². The molecular weight excluding hydrogens is 373 g/mol. The van der Waals surface area contributed by atoms with Gasteiger partial charge in [-0.2, -0.15) is 0 Å². The van der Waals surface area contributed by atoms with Crippen LogP contribution in [0.5, 0.6) is 0 Å². The topological polar surface area (TPSA) is 121 Å². The summed E-state index contributed by atoms with van der Waals surface area (Å²) < 4.78 is 65.7. The van der Waals surface area contributed by atoms with E-state index >= 15 is 0 Å². The minimum Gasteiger partial charge on any atom is -0.326 e. The molecule has 0 spiro atoms. The normalized spacial score (nSPS) is 14.9. The molecule has 1 aromatic carbocycles. The van der Waals surface area contributed by atoms with Crippen LogP contribution in [-0.2, 0) is 31.3 Å². The molecule has 1 aliphatic heterocycles. The number of halogens is 1. The number of hydrogen-bond acceptors (Lipinski definition) is 5. The molecule has 0 bridgehead atoms. The number of carbonyl (C=O) groups is 1. The van der Waals surface area contributed by atoms with Crippen molar-refractivity contribution < 1.29 is 26.0 Å². The van der Waals surface area contributed by atoms with Gasteiger partial charge in [-0.05, 0) is 37.5 Å². The molecule has 1 amide bonds. The second-order valence-electron chi connectivity index (χ2n) is 5.54. The third kappa shape index (κ3) is 5.21. The Morgan fingerprint density at radius 3 is 2.48 bits per heavy atom. The average molecular weight is 393 g/mol. The lowest BCUT2D eigenvalue weighted by Crippen LogP contribution is -2.31. The van der Waals surface area contributed by atoms with Crippen LogP contribution in [0.15, 0.2) is 17.0 Å². The largest absolute Gasteiger partial charge is 0.326 e. The van der Waals surface area contributed by atoms with Crippen LogP contribution in [0.4, 0.5) is 10.1 Å². The molecule has 2 rings (SSSR count). The number of carbonyl (C=O) groups excluding carboxylic acids is 1. The molecule has 0 saturated carbocycles. The number of benzene rings is 1. The van der Waals surface area contributed by atoms with Crippen molar-refractivity contribution in [3.63, 3.8) is 0 Å². The number of aryl methyl sites for hydroxylation is 1. The highest BCUT2D eigenvalue weighted by Crippen LogP contribution is 2.27. The highest BCUT2D eigenvalue weighted by molar-refractivity contribution is 7.89. The van der Waals surface area contributed by atoms with Crippen LogP contribution in [0.2, 0.25) is 0 Å². The summed E-state index contributed by atoms with van der Waals surface area (Å²) in [7, 11) is -7.41. The fraction of sp³-hybridized carbons (Fsp3) is 0.500. The highest BCUT2D eigenvalue weighted by Gasteiger charge is 2.24. The molecule has 11 heteroatoms. The van der Waals surface area contributed by atoms with Crippen molar-refractivity contribution >= 4 is 31.6 Å². The first-order valence-corrected chi connectivity index (χ1v) is 10.9. The molecule has 0 atom stereocenters. The number of amides is 1. The van der Waals surface area contributed by atoms with Gasteiger partial charge in [0, 0.05) is 25.2 Å². The quantitative estimate of drug-likeness (QED) is 0.549. The van der Waals surface area contributed by atoms with Crippen LogP contribution in [0.25, 0.3) is 0 Å². The lowest BCUT2D eigenvalue weighted by atomic mass is 10.0. The van der Waals surface area contributed by atoms with E-state index in [-0.39, 0.29) is 43.3 Å². The lowest BCUT2D eigenvalue weighted by Gasteiger charge is -2.18. The minimum atomic E-state index is -4.07. The van der Waals surface area contributed by atoms with Crippen LogP contribution >= 0.6 is 0 Å². The molecule has 0 radical (unpaired) electrons. The summed E-state index contributed by atoms with van der Waals surface area (Å²) in [6.45, 7) is 1.53. The molecule has 0 saturated heterocycles. The number of fused-ring (bicyclic) bond motifs is 1. The van der Waals surface area contributed by atoms with Gasteiger partial charge >= 0.3 is 0 Å². The van der Waals surface area contributed by atoms with Crippen molar-refractivity contribution in [2.45, 2.75) is 31.1 Å². The average Bonchev–Trinajstić information content (AvgIpc) is 2.53. The Kier molecular flexibility index (Phi) is 6.14. The zero-order valence-corrected chi connectivity index (χ0v) is 15.3. The van der Waals surface area contributed by atoms with Gasteiger partial charge in [0.1, 0.15) is 10.7 Å². The highest BCUT2D eigenvalue weighted by atomic mass is 32.2. The van der Waals surface area contributed by atoms with Gasteiger partial charge in [-0.3, -0.25) is 4.79 Å². The maximum Gasteiger partial charge on any atom is 0.243 e. The summed E-state index contributed by atoms with van der Waals surface area (Å²) in [5, 5.41) is 2.50. The van der Waals surface area contributed by atoms with Crippen molar-refractivity contribution in [1.29, 1.82) is 0 Å². The van der Waals surface area contributed by atoms with E-state index < -0.39 is 30.8 Å². The summed E-state index contributed by atoms with van der Waals surface area (Å²) in [6.07, 6.45) is 0.771. The Morgan fingerprint density at radius 2 is 1.80 bits per heavy atom. The lowest BCUT2D eigenvalue weighted by molar-refractivity contribution is -0.116. The zero-order valence-electron chi connectivity index (χ0n) is 13.6. The smallest absolute Gasteiger partial charge is 0.243 e. The van der Waals surface area contributed by atoms with E-state index in [2.05, 4.69) is 14.8 Å². The van der Waals surface area contributed by atoms with E-state index in [0.717, 1.165) is 6.07 Å². The predicted octanol–water partition coefficient (Wildman–Crippen LogP) is 0.318. The van der Waals surface area contributed by atoms with E-state index in [1.165, 1.54) is 13.0 Å². The van der Waals surface area contributed by atoms with E-state index in [0.29, 0.717) is 12.0 Å². The Morgan fingerprint density at radius 1 is 1.12 bits per heavy atom. The van der Waals surface area contributed by atoms with Crippen LogP contribution in [0.3, 0.4) is 0 Å². The fourth-order valence-electron chi connectivity index (χ4n) is 2.29. The number of rotatable bonds is 8. The number of anilines is 1. The molecule has 0 unspecified atom stereocenters. The van der Waals surface area contributed by atoms with Gasteiger partial charge in [0.15, 0.2) is 0 Å². The first-order valence-electron chi connectivity index (χ1n) is 7.74. The number of nitrogens with one attached hydrogen (secondary N) is 3. The van der Waals surface area contributed by atoms with Gasteiger partial charge in [-0.1, -0.05) is 0 Å². The Balaban J connectivity index is 2.01. The molecule has 0 aromatic heterocycles. The zero-order chi connectivity index (χ0) is 18.7. The fourth-order valence-corrected chi connectivity index (χ4v) is 4.13. The maximum atomic E-state index is 14.1. The molecule has 1 aliphatic rings. The molecule has 1 aromatic rings. The third-order valence-corrected chi connectivity index (χ3v) is 6.57. The Labute approximate surface area is 146 Å². The van der Waals surface area contributed by atoms with Crippen LogP contribution in [-0.4, -0.2) is 41.6 Å². The van der Waals surface area contributed by atoms with Gasteiger partial charge in [-0.25, -0.2) is 30.7 Å². The third-order valence-electron chi connectivity index (χ3n) is 3.69. The van der Waals surface area contributed by atoms with Gasteiger partial charge < -0.3 is 5.32 Å². The summed E-state index contributed by atoms with van der Waals surface area (Å²) >= 11 is 0. The molecular formula is C14H20FN3O5S2. The predicted molar refractivity (Wildman–Crippen MR) is 90.6 cm³/mol. The van der Waals surface area contributed by atoms with Crippen LogP contribution in [0, 0.1) is 5.82 Å². The van der Waals surface area contributed by atoms with E-state index in [1.54, 1.807) is 0 Å². The summed E-state index contributed by atoms with van der Waals surface area (Å²) in [4.78, 5) is 10.8. The molecule has 25 heavy (non-hydrogen) atoms. The molecule has 3 N–H and O–H groups in total. The first kappa shape index (κ1) is 19.8. The SMILES string of the molecule is CCS(=O)(=O)NCCCNS(=O)(=O)c1cc2c(cc1F)NC(=O)CC2. The monoisotopic (exact) mass is 393 g/mol. The second-order valence-corrected chi connectivity index (χ2v) is 9.37. The van der Waals surface area contributed by atoms with Crippen molar-refractivity contribution in [3.8, 4) is 0 Å². The van der Waals surface area contributed by atoms with Crippen molar-refractivity contribution in [2.75, 3.05) is 24.2 Å². The van der Waals surface area contributed by atoms with Gasteiger partial charge in [0.25, 0.3) is 0 Å². The Bertz CT molecular complexity index is 869. The van der Waals surface area contributed by atoms with Gasteiger partial charge in [0.05, 0.1) is 5.75 Å². The summed E-state index contributed by atoms with van der Waals surface area (Å²) in [6, 6.07) is 2.21. The molecule has 0 fully saturated rings. The summed E-state index contributed by atoms with van der Waals surface area (Å²) in [5.74, 6) is -1.26. The van der Waals surface area contributed by atoms with Gasteiger partial charge in [-0.15, -0.1) is 0 Å². The second kappa shape index (κ2) is 7.77. The molecule has 0 aliphatic carbocycles. The molecule has 8 nitrogen and oxygen atoms in total. The molecule has 1 heterocycles. The number of sulfonamides is 2. The van der Waals surface area contributed by atoms with Crippen LogP contribution in [0.1, 0.15) is 25.3 Å². The maximum absolute atomic E-state index is 14.1. The van der Waals surface area contributed by atoms with E-state index in [1.807, 2.05) is 0 Å². The van der Waals surface area contributed by atoms with E-state index in [9.17, 15) is 26.0 Å². The first-order chi connectivity index (χ1) is 11.6. The Hall–Kier alpha value is -1.56. The van der Waals surface area contributed by atoms with Crippen molar-refractivity contribution in [2.24, 2.45) is 0 Å². The minimum absolute atomic E-state index is 0.0399. The summed E-state index contributed by atoms with van der Waals surface area (Å²) in [5.41, 5.74) is 0.832. The molecule has 140 valence electrons. The standard InChI is InChI=1S/C14H20FN3O5S2/c1-2-24(20,21)16-6-3-7-17-25(22,23)13-8-10-4-5-14(19)18-12(10)9-11(13)15/h8-9,16-17H,2-7H2,1H3,(H,18,19). The van der Waals surface area contributed by atoms with Crippen LogP contribution < -0.4 is 14.8 Å².